The molecule has 0 aromatic heterocycles. The van der Waals surface area contributed by atoms with E-state index in [1.807, 2.05) is 5.01 Å². The lowest BCUT2D eigenvalue weighted by molar-refractivity contribution is 0.307. The fourth-order valence-corrected chi connectivity index (χ4v) is 1.14. The zero-order valence-corrected chi connectivity index (χ0v) is 6.79. The first-order chi connectivity index (χ1) is 5.34. The smallest absolute Gasteiger partial charge is 0.0468 e. The van der Waals surface area contributed by atoms with Crippen LogP contribution in [0.3, 0.4) is 0 Å². The zero-order valence-electron chi connectivity index (χ0n) is 6.79. The molecule has 2 nitrogen and oxygen atoms in total. The number of piperidine rings is 1. The molecule has 1 aliphatic rings. The summed E-state index contributed by atoms with van der Waals surface area (Å²) < 4.78 is 0. The van der Waals surface area contributed by atoms with E-state index < -0.39 is 0 Å². The first-order valence-corrected chi connectivity index (χ1v) is 3.95. The summed E-state index contributed by atoms with van der Waals surface area (Å²) in [6, 6.07) is 0. The van der Waals surface area contributed by atoms with Gasteiger partial charge in [0.25, 0.3) is 0 Å². The minimum Gasteiger partial charge on any atom is -0.270 e. The van der Waals surface area contributed by atoms with Crippen molar-refractivity contribution in [1.29, 1.82) is 0 Å². The van der Waals surface area contributed by atoms with E-state index in [0.717, 1.165) is 18.7 Å². The predicted molar refractivity (Wildman–Crippen MR) is 48.4 cm³/mol. The van der Waals surface area contributed by atoms with Crippen molar-refractivity contribution in [3.63, 3.8) is 0 Å². The SMILES string of the molecule is C=C/C=N\N1CCCCC1=C. The fourth-order valence-electron chi connectivity index (χ4n) is 1.14. The number of nitrogens with zero attached hydrogens (tertiary/aromatic N) is 2. The molecule has 0 unspecified atom stereocenters. The maximum absolute atomic E-state index is 4.17. The van der Waals surface area contributed by atoms with E-state index in [-0.39, 0.29) is 0 Å². The minimum atomic E-state index is 1.00. The topological polar surface area (TPSA) is 15.6 Å². The molecule has 0 atom stereocenters. The molecule has 2 heteroatoms. The quantitative estimate of drug-likeness (QED) is 0.551. The van der Waals surface area contributed by atoms with Gasteiger partial charge in [-0.2, -0.15) is 5.10 Å². The second kappa shape index (κ2) is 3.96. The van der Waals surface area contributed by atoms with Crippen molar-refractivity contribution in [1.82, 2.24) is 5.01 Å². The van der Waals surface area contributed by atoms with Crippen LogP contribution in [0.1, 0.15) is 19.3 Å². The van der Waals surface area contributed by atoms with Crippen molar-refractivity contribution in [3.05, 3.63) is 24.9 Å². The molecule has 1 saturated heterocycles. The van der Waals surface area contributed by atoms with E-state index in [4.69, 9.17) is 0 Å². The highest BCUT2D eigenvalue weighted by molar-refractivity contribution is 5.69. The van der Waals surface area contributed by atoms with Gasteiger partial charge in [0, 0.05) is 18.5 Å². The standard InChI is InChI=1S/C9H14N2/c1-3-7-10-11-8-5-4-6-9(11)2/h3,7H,1-2,4-6,8H2/b10-7-. The van der Waals surface area contributed by atoms with E-state index >= 15 is 0 Å². The van der Waals surface area contributed by atoms with E-state index in [0.29, 0.717) is 0 Å². The van der Waals surface area contributed by atoms with Crippen molar-refractivity contribution in [2.24, 2.45) is 5.10 Å². The summed E-state index contributed by atoms with van der Waals surface area (Å²) in [6.07, 6.45) is 6.93. The van der Waals surface area contributed by atoms with Crippen LogP contribution in [0.2, 0.25) is 0 Å². The zero-order chi connectivity index (χ0) is 8.10. The summed E-state index contributed by atoms with van der Waals surface area (Å²) in [4.78, 5) is 0. The van der Waals surface area contributed by atoms with Crippen LogP contribution < -0.4 is 0 Å². The molecular weight excluding hydrogens is 136 g/mol. The highest BCUT2D eigenvalue weighted by Gasteiger charge is 2.10. The molecule has 1 aliphatic heterocycles. The van der Waals surface area contributed by atoms with Crippen molar-refractivity contribution in [2.45, 2.75) is 19.3 Å². The second-order valence-electron chi connectivity index (χ2n) is 2.65. The van der Waals surface area contributed by atoms with Crippen LogP contribution >= 0.6 is 0 Å². The molecule has 0 radical (unpaired) electrons. The van der Waals surface area contributed by atoms with Gasteiger partial charge < -0.3 is 0 Å². The number of hydrogen-bond acceptors (Lipinski definition) is 2. The third kappa shape index (κ3) is 2.22. The van der Waals surface area contributed by atoms with Crippen molar-refractivity contribution in [3.8, 4) is 0 Å². The Balaban J connectivity index is 2.47. The summed E-state index contributed by atoms with van der Waals surface area (Å²) in [5.41, 5.74) is 1.12. The summed E-state index contributed by atoms with van der Waals surface area (Å²) in [5.74, 6) is 0. The van der Waals surface area contributed by atoms with E-state index in [1.54, 1.807) is 12.3 Å². The molecule has 0 aliphatic carbocycles. The molecule has 0 N–H and O–H groups in total. The van der Waals surface area contributed by atoms with Crippen LogP contribution in [0.4, 0.5) is 0 Å². The Morgan fingerprint density at radius 3 is 2.91 bits per heavy atom. The van der Waals surface area contributed by atoms with Crippen LogP contribution in [0, 0.1) is 0 Å². The summed E-state index contributed by atoms with van der Waals surface area (Å²) >= 11 is 0. The molecule has 1 heterocycles. The number of hydrogen-bond donors (Lipinski definition) is 0. The van der Waals surface area contributed by atoms with Crippen molar-refractivity contribution in [2.75, 3.05) is 6.54 Å². The lowest BCUT2D eigenvalue weighted by Gasteiger charge is -2.25. The molecule has 60 valence electrons. The molecule has 1 fully saturated rings. The first kappa shape index (κ1) is 8.05. The average molecular weight is 150 g/mol. The maximum Gasteiger partial charge on any atom is 0.0468 e. The summed E-state index contributed by atoms with van der Waals surface area (Å²) in [7, 11) is 0. The Labute approximate surface area is 67.9 Å². The molecule has 1 rings (SSSR count). The summed E-state index contributed by atoms with van der Waals surface area (Å²) in [5, 5.41) is 6.12. The molecule has 0 spiro atoms. The lowest BCUT2D eigenvalue weighted by Crippen LogP contribution is -2.21. The lowest BCUT2D eigenvalue weighted by atomic mass is 10.1. The van der Waals surface area contributed by atoms with Gasteiger partial charge in [0.1, 0.15) is 0 Å². The van der Waals surface area contributed by atoms with E-state index in [9.17, 15) is 0 Å². The number of hydrazone groups is 1. The Bertz CT molecular complexity index is 182. The first-order valence-electron chi connectivity index (χ1n) is 3.95. The van der Waals surface area contributed by atoms with Crippen molar-refractivity contribution < 1.29 is 0 Å². The van der Waals surface area contributed by atoms with Crippen molar-refractivity contribution >= 4 is 6.21 Å². The monoisotopic (exact) mass is 150 g/mol. The fraction of sp³-hybridized carbons (Fsp3) is 0.444. The highest BCUT2D eigenvalue weighted by atomic mass is 15.5. The average Bonchev–Trinajstić information content (AvgIpc) is 2.03. The highest BCUT2D eigenvalue weighted by Crippen LogP contribution is 2.17. The minimum absolute atomic E-state index is 1.00. The van der Waals surface area contributed by atoms with Gasteiger partial charge in [-0.15, -0.1) is 0 Å². The normalized spacial score (nSPS) is 19.3. The van der Waals surface area contributed by atoms with Gasteiger partial charge in [-0.05, 0) is 25.3 Å². The molecule has 0 saturated carbocycles. The molecule has 0 aromatic carbocycles. The van der Waals surface area contributed by atoms with E-state index in [2.05, 4.69) is 18.3 Å². The third-order valence-corrected chi connectivity index (χ3v) is 1.76. The second-order valence-corrected chi connectivity index (χ2v) is 2.65. The van der Waals surface area contributed by atoms with Gasteiger partial charge in [0.2, 0.25) is 0 Å². The molecule has 11 heavy (non-hydrogen) atoms. The van der Waals surface area contributed by atoms with Gasteiger partial charge in [0.15, 0.2) is 0 Å². The number of allylic oxidation sites excluding steroid dienone is 2. The van der Waals surface area contributed by atoms with Crippen LogP contribution in [0.5, 0.6) is 0 Å². The third-order valence-electron chi connectivity index (χ3n) is 1.76. The molecule has 0 bridgehead atoms. The molecule has 0 amide bonds. The van der Waals surface area contributed by atoms with Gasteiger partial charge in [0.05, 0.1) is 0 Å². The van der Waals surface area contributed by atoms with Crippen LogP contribution in [-0.4, -0.2) is 17.8 Å². The molecular formula is C9H14N2. The van der Waals surface area contributed by atoms with Gasteiger partial charge >= 0.3 is 0 Å². The van der Waals surface area contributed by atoms with Crippen LogP contribution in [-0.2, 0) is 0 Å². The molecule has 0 aromatic rings. The Morgan fingerprint density at radius 2 is 2.27 bits per heavy atom. The predicted octanol–water partition coefficient (Wildman–Crippen LogP) is 2.16. The van der Waals surface area contributed by atoms with Gasteiger partial charge in [-0.1, -0.05) is 13.2 Å². The largest absolute Gasteiger partial charge is 0.270 e. The van der Waals surface area contributed by atoms with Crippen LogP contribution in [0.15, 0.2) is 30.0 Å². The summed E-state index contributed by atoms with van der Waals surface area (Å²) in [6.45, 7) is 8.49. The van der Waals surface area contributed by atoms with Crippen LogP contribution in [0.25, 0.3) is 0 Å². The number of rotatable bonds is 2. The Hall–Kier alpha value is -1.05. The Kier molecular flexibility index (Phi) is 2.90. The van der Waals surface area contributed by atoms with Gasteiger partial charge in [-0.3, -0.25) is 5.01 Å². The maximum atomic E-state index is 4.17. The Morgan fingerprint density at radius 1 is 1.45 bits per heavy atom. The van der Waals surface area contributed by atoms with Gasteiger partial charge in [-0.25, -0.2) is 0 Å². The van der Waals surface area contributed by atoms with E-state index in [1.165, 1.54) is 12.8 Å².